The van der Waals surface area contributed by atoms with Crippen LogP contribution in [0.25, 0.3) is 0 Å². The molecule has 0 unspecified atom stereocenters. The number of furan rings is 1. The van der Waals surface area contributed by atoms with Crippen LogP contribution in [0.3, 0.4) is 0 Å². The molecule has 0 aliphatic rings. The van der Waals surface area contributed by atoms with Crippen molar-refractivity contribution in [3.8, 4) is 5.75 Å². The Kier molecular flexibility index (Phi) is 3.27. The maximum atomic E-state index is 9.59. The van der Waals surface area contributed by atoms with Crippen LogP contribution in [-0.4, -0.2) is 5.11 Å². The number of benzene rings is 1. The van der Waals surface area contributed by atoms with Crippen molar-refractivity contribution in [1.29, 1.82) is 0 Å². The van der Waals surface area contributed by atoms with E-state index in [9.17, 15) is 5.11 Å². The van der Waals surface area contributed by atoms with Gasteiger partial charge in [-0.05, 0) is 25.1 Å². The van der Waals surface area contributed by atoms with Crippen molar-refractivity contribution < 1.29 is 9.52 Å². The Hall–Kier alpha value is -1.74. The molecule has 3 heteroatoms. The van der Waals surface area contributed by atoms with E-state index in [1.165, 1.54) is 0 Å². The van der Waals surface area contributed by atoms with Gasteiger partial charge in [0.05, 0.1) is 12.3 Å². The van der Waals surface area contributed by atoms with Gasteiger partial charge in [-0.25, -0.2) is 0 Å². The van der Waals surface area contributed by atoms with Crippen molar-refractivity contribution in [2.75, 3.05) is 0 Å². The molecule has 1 atom stereocenters. The molecule has 1 aromatic carbocycles. The normalized spacial score (nSPS) is 12.6. The first-order valence-electron chi connectivity index (χ1n) is 5.31. The average Bonchev–Trinajstić information content (AvgIpc) is 2.81. The van der Waals surface area contributed by atoms with E-state index in [1.54, 1.807) is 12.3 Å². The lowest BCUT2D eigenvalue weighted by molar-refractivity contribution is 0.422. The second-order valence-electron chi connectivity index (χ2n) is 3.75. The average molecular weight is 217 g/mol. The number of hydrogen-bond donors (Lipinski definition) is 2. The highest BCUT2D eigenvalue weighted by atomic mass is 16.3. The Balaban J connectivity index is 1.95. The summed E-state index contributed by atoms with van der Waals surface area (Å²) in [6, 6.07) is 11.2. The van der Waals surface area contributed by atoms with Gasteiger partial charge in [-0.3, -0.25) is 0 Å². The first-order valence-corrected chi connectivity index (χ1v) is 5.31. The molecule has 0 saturated carbocycles. The Morgan fingerprint density at radius 2 is 2.06 bits per heavy atom. The maximum absolute atomic E-state index is 9.59. The minimum atomic E-state index is 0.134. The standard InChI is InChI=1S/C13H15NO2/c1-10(13-7-4-8-16-13)14-9-11-5-2-3-6-12(11)15/h2-8,10,14-15H,9H2,1H3/t10-/m0/s1. The molecule has 0 spiro atoms. The van der Waals surface area contributed by atoms with E-state index in [-0.39, 0.29) is 6.04 Å². The molecule has 0 bridgehead atoms. The molecule has 0 amide bonds. The molecule has 0 radical (unpaired) electrons. The van der Waals surface area contributed by atoms with Crippen LogP contribution in [0.5, 0.6) is 5.75 Å². The summed E-state index contributed by atoms with van der Waals surface area (Å²) >= 11 is 0. The van der Waals surface area contributed by atoms with Crippen molar-refractivity contribution >= 4 is 0 Å². The minimum Gasteiger partial charge on any atom is -0.508 e. The first kappa shape index (κ1) is 10.8. The van der Waals surface area contributed by atoms with Crippen LogP contribution in [0.4, 0.5) is 0 Å². The largest absolute Gasteiger partial charge is 0.508 e. The summed E-state index contributed by atoms with van der Waals surface area (Å²) in [7, 11) is 0. The molecule has 16 heavy (non-hydrogen) atoms. The van der Waals surface area contributed by atoms with Crippen LogP contribution in [0, 0.1) is 0 Å². The van der Waals surface area contributed by atoms with E-state index >= 15 is 0 Å². The molecule has 2 rings (SSSR count). The third-order valence-corrected chi connectivity index (χ3v) is 2.56. The Morgan fingerprint density at radius 1 is 1.25 bits per heavy atom. The van der Waals surface area contributed by atoms with Crippen molar-refractivity contribution in [2.24, 2.45) is 0 Å². The van der Waals surface area contributed by atoms with Crippen molar-refractivity contribution in [3.05, 3.63) is 54.0 Å². The van der Waals surface area contributed by atoms with Gasteiger partial charge in [-0.1, -0.05) is 18.2 Å². The molecule has 0 aliphatic heterocycles. The van der Waals surface area contributed by atoms with Gasteiger partial charge in [-0.15, -0.1) is 0 Å². The zero-order valence-corrected chi connectivity index (χ0v) is 9.18. The van der Waals surface area contributed by atoms with Crippen molar-refractivity contribution in [2.45, 2.75) is 19.5 Å². The van der Waals surface area contributed by atoms with Gasteiger partial charge in [0.1, 0.15) is 11.5 Å². The van der Waals surface area contributed by atoms with E-state index in [4.69, 9.17) is 4.42 Å². The summed E-state index contributed by atoms with van der Waals surface area (Å²) < 4.78 is 5.29. The molecule has 84 valence electrons. The lowest BCUT2D eigenvalue weighted by atomic mass is 10.2. The van der Waals surface area contributed by atoms with E-state index in [0.717, 1.165) is 11.3 Å². The summed E-state index contributed by atoms with van der Waals surface area (Å²) in [5.74, 6) is 1.22. The van der Waals surface area contributed by atoms with E-state index in [2.05, 4.69) is 5.32 Å². The number of phenolic OH excluding ortho intramolecular Hbond substituents is 1. The summed E-state index contributed by atoms with van der Waals surface area (Å²) in [5.41, 5.74) is 0.890. The fraction of sp³-hybridized carbons (Fsp3) is 0.231. The molecule has 0 saturated heterocycles. The number of phenols is 1. The molecule has 2 N–H and O–H groups in total. The summed E-state index contributed by atoms with van der Waals surface area (Å²) in [5, 5.41) is 12.9. The highest BCUT2D eigenvalue weighted by molar-refractivity contribution is 5.31. The van der Waals surface area contributed by atoms with Gasteiger partial charge in [-0.2, -0.15) is 0 Å². The monoisotopic (exact) mass is 217 g/mol. The quantitative estimate of drug-likeness (QED) is 0.827. The summed E-state index contributed by atoms with van der Waals surface area (Å²) in [6.07, 6.45) is 1.66. The number of aromatic hydroxyl groups is 1. The maximum Gasteiger partial charge on any atom is 0.120 e. The van der Waals surface area contributed by atoms with Crippen LogP contribution in [-0.2, 0) is 6.54 Å². The van der Waals surface area contributed by atoms with Gasteiger partial charge in [0, 0.05) is 12.1 Å². The van der Waals surface area contributed by atoms with Crippen LogP contribution in [0.2, 0.25) is 0 Å². The molecule has 2 aromatic rings. The predicted molar refractivity (Wildman–Crippen MR) is 62.1 cm³/mol. The fourth-order valence-electron chi connectivity index (χ4n) is 1.56. The first-order chi connectivity index (χ1) is 7.77. The van der Waals surface area contributed by atoms with E-state index in [0.29, 0.717) is 12.3 Å². The van der Waals surface area contributed by atoms with Crippen molar-refractivity contribution in [1.82, 2.24) is 5.32 Å². The van der Waals surface area contributed by atoms with Crippen molar-refractivity contribution in [3.63, 3.8) is 0 Å². The zero-order chi connectivity index (χ0) is 11.4. The molecule has 0 fully saturated rings. The van der Waals surface area contributed by atoms with E-state index in [1.807, 2.05) is 37.3 Å². The molecular formula is C13H15NO2. The lowest BCUT2D eigenvalue weighted by Gasteiger charge is -2.11. The smallest absolute Gasteiger partial charge is 0.120 e. The van der Waals surface area contributed by atoms with E-state index < -0.39 is 0 Å². The highest BCUT2D eigenvalue weighted by Gasteiger charge is 2.08. The Morgan fingerprint density at radius 3 is 2.75 bits per heavy atom. The summed E-state index contributed by atoms with van der Waals surface area (Å²) in [4.78, 5) is 0. The highest BCUT2D eigenvalue weighted by Crippen LogP contribution is 2.18. The second kappa shape index (κ2) is 4.86. The fourth-order valence-corrected chi connectivity index (χ4v) is 1.56. The Labute approximate surface area is 94.7 Å². The van der Waals surface area contributed by atoms with Gasteiger partial charge >= 0.3 is 0 Å². The third kappa shape index (κ3) is 2.44. The van der Waals surface area contributed by atoms with Gasteiger partial charge in [0.2, 0.25) is 0 Å². The topological polar surface area (TPSA) is 45.4 Å². The minimum absolute atomic E-state index is 0.134. The van der Waals surface area contributed by atoms with Gasteiger partial charge in [0.15, 0.2) is 0 Å². The van der Waals surface area contributed by atoms with Gasteiger partial charge < -0.3 is 14.8 Å². The molecule has 3 nitrogen and oxygen atoms in total. The van der Waals surface area contributed by atoms with Gasteiger partial charge in [0.25, 0.3) is 0 Å². The molecular weight excluding hydrogens is 202 g/mol. The number of para-hydroxylation sites is 1. The number of hydrogen-bond acceptors (Lipinski definition) is 3. The third-order valence-electron chi connectivity index (χ3n) is 2.56. The van der Waals surface area contributed by atoms with Crippen LogP contribution >= 0.6 is 0 Å². The zero-order valence-electron chi connectivity index (χ0n) is 9.18. The lowest BCUT2D eigenvalue weighted by Crippen LogP contribution is -2.17. The molecule has 1 heterocycles. The molecule has 1 aromatic heterocycles. The Bertz CT molecular complexity index is 437. The van der Waals surface area contributed by atoms with Crippen LogP contribution < -0.4 is 5.32 Å². The summed E-state index contributed by atoms with van der Waals surface area (Å²) in [6.45, 7) is 2.65. The van der Waals surface area contributed by atoms with Crippen LogP contribution in [0.1, 0.15) is 24.3 Å². The number of nitrogens with one attached hydrogen (secondary N) is 1. The molecule has 0 aliphatic carbocycles. The second-order valence-corrected chi connectivity index (χ2v) is 3.75. The SMILES string of the molecule is C[C@H](NCc1ccccc1O)c1ccco1. The van der Waals surface area contributed by atoms with Crippen LogP contribution in [0.15, 0.2) is 47.1 Å². The predicted octanol–water partition coefficient (Wildman–Crippen LogP) is 2.84. The number of rotatable bonds is 4.